The van der Waals surface area contributed by atoms with E-state index in [0.29, 0.717) is 0 Å². The van der Waals surface area contributed by atoms with Crippen molar-refractivity contribution in [1.82, 2.24) is 15.1 Å². The van der Waals surface area contributed by atoms with Gasteiger partial charge in [0.05, 0.1) is 0 Å². The van der Waals surface area contributed by atoms with Crippen LogP contribution in [0, 0.1) is 0 Å². The standard InChI is InChI=1S/C11H25N3/c1-4-14(9-8-13(2)3)10-11-6-5-7-12-11/h11-12H,4-10H2,1-3H3. The van der Waals surface area contributed by atoms with Gasteiger partial charge in [-0.05, 0) is 40.0 Å². The van der Waals surface area contributed by atoms with Crippen molar-refractivity contribution in [2.75, 3.05) is 46.8 Å². The second-order valence-electron chi connectivity index (χ2n) is 4.49. The molecule has 84 valence electrons. The van der Waals surface area contributed by atoms with Gasteiger partial charge in [0.25, 0.3) is 0 Å². The molecule has 0 aromatic heterocycles. The lowest BCUT2D eigenvalue weighted by atomic mass is 10.2. The SMILES string of the molecule is CCN(CCN(C)C)CC1CCCN1. The van der Waals surface area contributed by atoms with Gasteiger partial charge in [0, 0.05) is 25.7 Å². The number of hydrogen-bond acceptors (Lipinski definition) is 3. The molecule has 0 radical (unpaired) electrons. The van der Waals surface area contributed by atoms with Crippen molar-refractivity contribution in [3.8, 4) is 0 Å². The molecule has 0 bridgehead atoms. The molecule has 1 saturated heterocycles. The monoisotopic (exact) mass is 199 g/mol. The van der Waals surface area contributed by atoms with E-state index in [1.54, 1.807) is 0 Å². The molecule has 14 heavy (non-hydrogen) atoms. The van der Waals surface area contributed by atoms with Crippen molar-refractivity contribution in [3.63, 3.8) is 0 Å². The van der Waals surface area contributed by atoms with Gasteiger partial charge in [-0.15, -0.1) is 0 Å². The van der Waals surface area contributed by atoms with Gasteiger partial charge >= 0.3 is 0 Å². The largest absolute Gasteiger partial charge is 0.313 e. The molecule has 3 heteroatoms. The molecule has 1 heterocycles. The number of rotatable bonds is 6. The summed E-state index contributed by atoms with van der Waals surface area (Å²) in [6.45, 7) is 8.24. The first kappa shape index (κ1) is 12.0. The molecule has 0 aromatic rings. The number of hydrogen-bond donors (Lipinski definition) is 1. The van der Waals surface area contributed by atoms with Crippen molar-refractivity contribution in [2.45, 2.75) is 25.8 Å². The predicted molar refractivity (Wildman–Crippen MR) is 61.7 cm³/mol. The third-order valence-corrected chi connectivity index (χ3v) is 2.95. The summed E-state index contributed by atoms with van der Waals surface area (Å²) >= 11 is 0. The third-order valence-electron chi connectivity index (χ3n) is 2.95. The summed E-state index contributed by atoms with van der Waals surface area (Å²) in [5, 5.41) is 3.55. The zero-order valence-corrected chi connectivity index (χ0v) is 9.92. The molecule has 1 aliphatic rings. The fourth-order valence-corrected chi connectivity index (χ4v) is 1.94. The van der Waals surface area contributed by atoms with Crippen molar-refractivity contribution in [1.29, 1.82) is 0 Å². The highest BCUT2D eigenvalue weighted by Gasteiger charge is 2.16. The summed E-state index contributed by atoms with van der Waals surface area (Å²) in [4.78, 5) is 4.80. The van der Waals surface area contributed by atoms with Gasteiger partial charge in [-0.1, -0.05) is 6.92 Å². The summed E-state index contributed by atoms with van der Waals surface area (Å²) < 4.78 is 0. The van der Waals surface area contributed by atoms with Gasteiger partial charge in [0.2, 0.25) is 0 Å². The van der Waals surface area contributed by atoms with Crippen LogP contribution in [-0.4, -0.2) is 62.7 Å². The van der Waals surface area contributed by atoms with Crippen LogP contribution in [0.3, 0.4) is 0 Å². The second-order valence-corrected chi connectivity index (χ2v) is 4.49. The Balaban J connectivity index is 2.16. The summed E-state index contributed by atoms with van der Waals surface area (Å²) in [5.41, 5.74) is 0. The lowest BCUT2D eigenvalue weighted by Crippen LogP contribution is -2.40. The molecular weight excluding hydrogens is 174 g/mol. The lowest BCUT2D eigenvalue weighted by Gasteiger charge is -2.25. The van der Waals surface area contributed by atoms with Crippen LogP contribution in [0.25, 0.3) is 0 Å². The third kappa shape index (κ3) is 4.40. The quantitative estimate of drug-likeness (QED) is 0.676. The fourth-order valence-electron chi connectivity index (χ4n) is 1.94. The van der Waals surface area contributed by atoms with E-state index >= 15 is 0 Å². The molecule has 0 saturated carbocycles. The Hall–Kier alpha value is -0.120. The Labute approximate surface area is 88.5 Å². The average molecular weight is 199 g/mol. The van der Waals surface area contributed by atoms with Crippen LogP contribution in [0.4, 0.5) is 0 Å². The van der Waals surface area contributed by atoms with E-state index < -0.39 is 0 Å². The van der Waals surface area contributed by atoms with E-state index in [0.717, 1.165) is 6.04 Å². The van der Waals surface area contributed by atoms with Crippen LogP contribution >= 0.6 is 0 Å². The van der Waals surface area contributed by atoms with Gasteiger partial charge in [-0.2, -0.15) is 0 Å². The van der Waals surface area contributed by atoms with Crippen molar-refractivity contribution >= 4 is 0 Å². The molecule has 1 atom stereocenters. The maximum absolute atomic E-state index is 3.55. The Morgan fingerprint density at radius 3 is 2.57 bits per heavy atom. The van der Waals surface area contributed by atoms with E-state index in [1.165, 1.54) is 45.6 Å². The molecule has 1 unspecified atom stereocenters. The highest BCUT2D eigenvalue weighted by molar-refractivity contribution is 4.77. The molecule has 0 spiro atoms. The van der Waals surface area contributed by atoms with Crippen LogP contribution < -0.4 is 5.32 Å². The molecule has 0 aromatic carbocycles. The minimum absolute atomic E-state index is 0.747. The van der Waals surface area contributed by atoms with Crippen LogP contribution in [0.15, 0.2) is 0 Å². The highest BCUT2D eigenvalue weighted by Crippen LogP contribution is 2.06. The van der Waals surface area contributed by atoms with Crippen LogP contribution in [0.1, 0.15) is 19.8 Å². The van der Waals surface area contributed by atoms with Crippen molar-refractivity contribution in [3.05, 3.63) is 0 Å². The maximum atomic E-state index is 3.55. The predicted octanol–water partition coefficient (Wildman–Crippen LogP) is 0.622. The molecular formula is C11H25N3. The van der Waals surface area contributed by atoms with Gasteiger partial charge < -0.3 is 15.1 Å². The van der Waals surface area contributed by atoms with Crippen molar-refractivity contribution < 1.29 is 0 Å². The first-order chi connectivity index (χ1) is 6.72. The molecule has 3 nitrogen and oxygen atoms in total. The maximum Gasteiger partial charge on any atom is 0.0195 e. The zero-order chi connectivity index (χ0) is 10.4. The van der Waals surface area contributed by atoms with Crippen molar-refractivity contribution in [2.24, 2.45) is 0 Å². The smallest absolute Gasteiger partial charge is 0.0195 e. The summed E-state index contributed by atoms with van der Waals surface area (Å²) in [6.07, 6.45) is 2.72. The minimum atomic E-state index is 0.747. The fraction of sp³-hybridized carbons (Fsp3) is 1.00. The van der Waals surface area contributed by atoms with Gasteiger partial charge in [0.15, 0.2) is 0 Å². The van der Waals surface area contributed by atoms with Crippen LogP contribution in [-0.2, 0) is 0 Å². The van der Waals surface area contributed by atoms with E-state index in [-0.39, 0.29) is 0 Å². The number of nitrogens with zero attached hydrogens (tertiary/aromatic N) is 2. The second kappa shape index (κ2) is 6.38. The topological polar surface area (TPSA) is 18.5 Å². The van der Waals surface area contributed by atoms with Gasteiger partial charge in [-0.3, -0.25) is 0 Å². The first-order valence-corrected chi connectivity index (χ1v) is 5.83. The zero-order valence-electron chi connectivity index (χ0n) is 9.92. The summed E-state index contributed by atoms with van der Waals surface area (Å²) in [7, 11) is 4.28. The molecule has 0 aliphatic carbocycles. The minimum Gasteiger partial charge on any atom is -0.313 e. The van der Waals surface area contributed by atoms with E-state index in [1.807, 2.05) is 0 Å². The lowest BCUT2D eigenvalue weighted by molar-refractivity contribution is 0.232. The highest BCUT2D eigenvalue weighted by atomic mass is 15.2. The normalized spacial score (nSPS) is 22.5. The van der Waals surface area contributed by atoms with E-state index in [2.05, 4.69) is 36.1 Å². The van der Waals surface area contributed by atoms with Gasteiger partial charge in [0.1, 0.15) is 0 Å². The molecule has 1 N–H and O–H groups in total. The summed E-state index contributed by atoms with van der Waals surface area (Å²) in [5.74, 6) is 0. The van der Waals surface area contributed by atoms with E-state index in [4.69, 9.17) is 0 Å². The molecule has 0 amide bonds. The van der Waals surface area contributed by atoms with E-state index in [9.17, 15) is 0 Å². The summed E-state index contributed by atoms with van der Waals surface area (Å²) in [6, 6.07) is 0.747. The van der Waals surface area contributed by atoms with Crippen LogP contribution in [0.2, 0.25) is 0 Å². The Morgan fingerprint density at radius 1 is 1.29 bits per heavy atom. The Morgan fingerprint density at radius 2 is 2.07 bits per heavy atom. The molecule has 1 rings (SSSR count). The van der Waals surface area contributed by atoms with Crippen LogP contribution in [0.5, 0.6) is 0 Å². The number of likely N-dealkylation sites (N-methyl/N-ethyl adjacent to an activating group) is 2. The first-order valence-electron chi connectivity index (χ1n) is 5.83. The van der Waals surface area contributed by atoms with Gasteiger partial charge in [-0.25, -0.2) is 0 Å². The Bertz CT molecular complexity index is 141. The average Bonchev–Trinajstić information content (AvgIpc) is 2.64. The molecule has 1 fully saturated rings. The Kier molecular flexibility index (Phi) is 5.45. The molecule has 1 aliphatic heterocycles. The number of nitrogens with one attached hydrogen (secondary N) is 1.